The summed E-state index contributed by atoms with van der Waals surface area (Å²) in [5, 5.41) is 35.1. The number of amides is 1. The highest BCUT2D eigenvalue weighted by molar-refractivity contribution is 14.1. The maximum Gasteiger partial charge on any atom is 0.339 e. The summed E-state index contributed by atoms with van der Waals surface area (Å²) in [5.41, 5.74) is -0.452. The molecular weight excluding hydrogens is 639 g/mol. The number of ether oxygens (including phenoxy) is 3. The van der Waals surface area contributed by atoms with E-state index in [-0.39, 0.29) is 24.3 Å². The quantitative estimate of drug-likeness (QED) is 0.147. The van der Waals surface area contributed by atoms with Crippen molar-refractivity contribution >= 4 is 46.2 Å². The van der Waals surface area contributed by atoms with Crippen molar-refractivity contribution in [2.75, 3.05) is 33.1 Å². The van der Waals surface area contributed by atoms with Gasteiger partial charge < -0.3 is 34.8 Å². The Bertz CT molecular complexity index is 958. The molecule has 0 spiro atoms. The van der Waals surface area contributed by atoms with Crippen LogP contribution in [0.25, 0.3) is 0 Å². The summed E-state index contributed by atoms with van der Waals surface area (Å²) in [5.74, 6) is 0.0965. The highest BCUT2D eigenvalue weighted by Gasteiger charge is 2.49. The van der Waals surface area contributed by atoms with E-state index in [1.165, 1.54) is 7.11 Å². The van der Waals surface area contributed by atoms with E-state index in [9.17, 15) is 24.9 Å². The van der Waals surface area contributed by atoms with Crippen LogP contribution in [0.1, 0.15) is 43.5 Å². The molecule has 0 saturated carbocycles. The number of thioether (sulfide) groups is 1. The van der Waals surface area contributed by atoms with Crippen LogP contribution < -0.4 is 5.32 Å². The number of carbonyl (C=O) groups is 2. The Morgan fingerprint density at radius 1 is 1.23 bits per heavy atom. The highest BCUT2D eigenvalue weighted by Crippen LogP contribution is 2.32. The number of aliphatic hydroxyl groups is 3. The van der Waals surface area contributed by atoms with Gasteiger partial charge in [-0.2, -0.15) is 0 Å². The summed E-state index contributed by atoms with van der Waals surface area (Å²) in [4.78, 5) is 27.7. The van der Waals surface area contributed by atoms with Gasteiger partial charge in [0, 0.05) is 23.0 Å². The molecule has 9 atom stereocenters. The molecule has 2 aliphatic heterocycles. The second-order valence-corrected chi connectivity index (χ2v) is 12.6. The Kier molecular flexibility index (Phi) is 12.7. The molecule has 1 aromatic carbocycles. The van der Waals surface area contributed by atoms with Gasteiger partial charge in [0.15, 0.2) is 0 Å². The number of likely N-dealkylation sites (N-methyl/N-ethyl adjacent to an activating group) is 1. The zero-order chi connectivity index (χ0) is 28.7. The fraction of sp³-hybridized carbons (Fsp3) is 0.704. The molecule has 1 aromatic rings. The number of likely N-dealkylation sites (tertiary alicyclic amines) is 1. The molecule has 0 unspecified atom stereocenters. The number of halogens is 1. The molecule has 2 aliphatic rings. The number of methoxy groups -OCH3 is 1. The topological polar surface area (TPSA) is 138 Å². The van der Waals surface area contributed by atoms with Gasteiger partial charge in [0.1, 0.15) is 36.5 Å². The van der Waals surface area contributed by atoms with E-state index in [4.69, 9.17) is 14.2 Å². The standard InChI is InChI=1S/C27H41IN2O8S/c1-5-8-16-13-19(30(3)14-16)25(34)29-20(15(2)36-4)24-22(32)21(31)23(33)27(38-24)39-12-11-37-26(35)17-9-6-7-10-18(17)28/h6-7,9-10,15-16,19-24,27,31-33H,5,8,11-14H2,1-4H3,(H,29,34)/t15-,16-,19+,20-,21+,22-,23-,24-,27-/m1/s1. The first-order chi connectivity index (χ1) is 18.6. The minimum Gasteiger partial charge on any atom is -0.461 e. The Hall–Kier alpha value is -1.00. The summed E-state index contributed by atoms with van der Waals surface area (Å²) in [6.07, 6.45) is -3.05. The Balaban J connectivity index is 1.63. The smallest absolute Gasteiger partial charge is 0.339 e. The molecule has 220 valence electrons. The zero-order valence-electron chi connectivity index (χ0n) is 22.9. The summed E-state index contributed by atoms with van der Waals surface area (Å²) >= 11 is 3.23. The van der Waals surface area contributed by atoms with E-state index >= 15 is 0 Å². The van der Waals surface area contributed by atoms with Gasteiger partial charge in [-0.25, -0.2) is 4.79 Å². The van der Waals surface area contributed by atoms with Crippen LogP contribution >= 0.6 is 34.4 Å². The largest absolute Gasteiger partial charge is 0.461 e. The lowest BCUT2D eigenvalue weighted by atomic mass is 9.91. The van der Waals surface area contributed by atoms with Crippen LogP contribution in [0.3, 0.4) is 0 Å². The molecule has 10 nitrogen and oxygen atoms in total. The SMILES string of the molecule is CCC[C@@H]1C[C@@H](C(=O)N[C@@H]([C@H]2O[C@H](SCCOC(=O)c3ccccc3I)[C@H](O)[C@@H](O)[C@H]2O)[C@@H](C)OC)N(C)C1. The lowest BCUT2D eigenvalue weighted by Gasteiger charge is -2.44. The van der Waals surface area contributed by atoms with Gasteiger partial charge in [-0.3, -0.25) is 9.69 Å². The summed E-state index contributed by atoms with van der Waals surface area (Å²) < 4.78 is 17.7. The second kappa shape index (κ2) is 15.3. The number of hydrogen-bond acceptors (Lipinski definition) is 10. The van der Waals surface area contributed by atoms with Crippen LogP contribution in [-0.4, -0.2) is 113 Å². The molecular formula is C27H41IN2O8S. The Morgan fingerprint density at radius 2 is 1.95 bits per heavy atom. The number of aliphatic hydroxyl groups excluding tert-OH is 3. The van der Waals surface area contributed by atoms with Gasteiger partial charge in [0.2, 0.25) is 5.91 Å². The van der Waals surface area contributed by atoms with Crippen molar-refractivity contribution in [2.24, 2.45) is 5.92 Å². The predicted molar refractivity (Wildman–Crippen MR) is 156 cm³/mol. The van der Waals surface area contributed by atoms with E-state index in [0.29, 0.717) is 11.5 Å². The lowest BCUT2D eigenvalue weighted by molar-refractivity contribution is -0.212. The van der Waals surface area contributed by atoms with E-state index in [1.807, 2.05) is 24.1 Å². The van der Waals surface area contributed by atoms with Crippen molar-refractivity contribution < 1.29 is 39.1 Å². The van der Waals surface area contributed by atoms with E-state index in [1.54, 1.807) is 19.1 Å². The molecule has 12 heteroatoms. The minimum atomic E-state index is -1.50. The van der Waals surface area contributed by atoms with Crippen molar-refractivity contribution in [1.82, 2.24) is 10.2 Å². The maximum absolute atomic E-state index is 13.3. The van der Waals surface area contributed by atoms with Crippen LogP contribution in [0.5, 0.6) is 0 Å². The normalized spacial score (nSPS) is 31.0. The number of benzene rings is 1. The fourth-order valence-electron chi connectivity index (χ4n) is 5.21. The van der Waals surface area contributed by atoms with E-state index in [0.717, 1.165) is 41.1 Å². The molecule has 0 radical (unpaired) electrons. The highest BCUT2D eigenvalue weighted by atomic mass is 127. The first-order valence-electron chi connectivity index (χ1n) is 13.3. The monoisotopic (exact) mass is 680 g/mol. The first-order valence-corrected chi connectivity index (χ1v) is 15.5. The third kappa shape index (κ3) is 8.28. The average Bonchev–Trinajstić information content (AvgIpc) is 3.29. The summed E-state index contributed by atoms with van der Waals surface area (Å²) in [7, 11) is 3.43. The molecule has 0 aromatic heterocycles. The average molecular weight is 681 g/mol. The van der Waals surface area contributed by atoms with Crippen LogP contribution in [0, 0.1) is 9.49 Å². The van der Waals surface area contributed by atoms with Crippen molar-refractivity contribution in [2.45, 2.75) is 81.1 Å². The minimum absolute atomic E-state index is 0.0615. The number of carbonyl (C=O) groups excluding carboxylic acids is 2. The third-order valence-corrected chi connectivity index (χ3v) is 9.54. The second-order valence-electron chi connectivity index (χ2n) is 10.2. The van der Waals surface area contributed by atoms with E-state index < -0.39 is 48.0 Å². The van der Waals surface area contributed by atoms with Crippen LogP contribution in [0.4, 0.5) is 0 Å². The molecule has 1 amide bonds. The predicted octanol–water partition coefficient (Wildman–Crippen LogP) is 1.63. The van der Waals surface area contributed by atoms with Gasteiger partial charge in [-0.05, 0) is 67.5 Å². The molecule has 2 saturated heterocycles. The number of nitrogens with zero attached hydrogens (tertiary/aromatic N) is 1. The molecule has 0 bridgehead atoms. The summed E-state index contributed by atoms with van der Waals surface area (Å²) in [6.45, 7) is 4.79. The third-order valence-electron chi connectivity index (χ3n) is 7.47. The molecule has 39 heavy (non-hydrogen) atoms. The first kappa shape index (κ1) is 32.5. The van der Waals surface area contributed by atoms with Crippen molar-refractivity contribution in [3.05, 3.63) is 33.4 Å². The zero-order valence-corrected chi connectivity index (χ0v) is 25.8. The van der Waals surface area contributed by atoms with Gasteiger partial charge >= 0.3 is 5.97 Å². The number of hydrogen-bond donors (Lipinski definition) is 4. The summed E-state index contributed by atoms with van der Waals surface area (Å²) in [6, 6.07) is 6.01. The molecule has 2 fully saturated rings. The number of nitrogens with one attached hydrogen (secondary N) is 1. The van der Waals surface area contributed by atoms with E-state index in [2.05, 4.69) is 34.8 Å². The number of esters is 1. The Labute approximate surface area is 248 Å². The Morgan fingerprint density at radius 3 is 2.62 bits per heavy atom. The van der Waals surface area contributed by atoms with Crippen LogP contribution in [-0.2, 0) is 19.0 Å². The molecule has 0 aliphatic carbocycles. The van der Waals surface area contributed by atoms with Gasteiger partial charge in [-0.1, -0.05) is 25.5 Å². The van der Waals surface area contributed by atoms with Gasteiger partial charge in [0.05, 0.1) is 23.8 Å². The molecule has 2 heterocycles. The van der Waals surface area contributed by atoms with Crippen molar-refractivity contribution in [3.63, 3.8) is 0 Å². The van der Waals surface area contributed by atoms with Crippen molar-refractivity contribution in [1.29, 1.82) is 0 Å². The van der Waals surface area contributed by atoms with Gasteiger partial charge in [0.25, 0.3) is 0 Å². The lowest BCUT2D eigenvalue weighted by Crippen LogP contribution is -2.66. The van der Waals surface area contributed by atoms with Gasteiger partial charge in [-0.15, -0.1) is 11.8 Å². The molecule has 3 rings (SSSR count). The maximum atomic E-state index is 13.3. The van der Waals surface area contributed by atoms with Crippen molar-refractivity contribution in [3.8, 4) is 0 Å². The van der Waals surface area contributed by atoms with Crippen LogP contribution in [0.2, 0.25) is 0 Å². The fourth-order valence-corrected chi connectivity index (χ4v) is 6.80. The van der Waals surface area contributed by atoms with Crippen LogP contribution in [0.15, 0.2) is 24.3 Å². The number of rotatable bonds is 12. The molecule has 4 N–H and O–H groups in total.